The van der Waals surface area contributed by atoms with Crippen molar-refractivity contribution in [1.29, 1.82) is 0 Å². The van der Waals surface area contributed by atoms with Gasteiger partial charge in [-0.25, -0.2) is 4.21 Å². The number of hydrogen-bond donors (Lipinski definition) is 0. The predicted molar refractivity (Wildman–Crippen MR) is 93.1 cm³/mol. The van der Waals surface area contributed by atoms with Crippen LogP contribution in [0.2, 0.25) is 0 Å². The molecule has 0 radical (unpaired) electrons. The van der Waals surface area contributed by atoms with Crippen LogP contribution in [0.15, 0.2) is 29.0 Å². The largest absolute Gasteiger partial charge is 0.386 e. The molecule has 0 saturated carbocycles. The standard InChI is InChI=1S/C16H28N2O4S/c1-7-9-10-14(8-2)15(16(4)11-13(3)17-22-16)21-18(5)12-23(19)20-6/h7-9,15H,10-12H2,1-6H3/b9-7+,14-8+. The van der Waals surface area contributed by atoms with E-state index >= 15 is 0 Å². The Morgan fingerprint density at radius 2 is 2.26 bits per heavy atom. The fraction of sp³-hybridized carbons (Fsp3) is 0.688. The van der Waals surface area contributed by atoms with Gasteiger partial charge in [0.05, 0.1) is 12.8 Å². The Morgan fingerprint density at radius 3 is 2.74 bits per heavy atom. The second-order valence-corrected chi connectivity index (χ2v) is 6.96. The number of hydroxylamine groups is 2. The first-order chi connectivity index (χ1) is 10.9. The molecule has 6 nitrogen and oxygen atoms in total. The molecule has 0 amide bonds. The number of allylic oxidation sites excluding steroid dienone is 3. The van der Waals surface area contributed by atoms with Gasteiger partial charge in [0, 0.05) is 13.5 Å². The van der Waals surface area contributed by atoms with Crippen LogP contribution in [0, 0.1) is 0 Å². The molecule has 0 saturated heterocycles. The molecule has 1 aliphatic heterocycles. The summed E-state index contributed by atoms with van der Waals surface area (Å²) in [6.07, 6.45) is 7.23. The van der Waals surface area contributed by atoms with E-state index in [1.165, 1.54) is 12.2 Å². The van der Waals surface area contributed by atoms with E-state index in [-0.39, 0.29) is 12.0 Å². The number of oxime groups is 1. The van der Waals surface area contributed by atoms with Crippen LogP contribution in [-0.2, 0) is 24.9 Å². The first kappa shape index (κ1) is 20.0. The van der Waals surface area contributed by atoms with Gasteiger partial charge in [0.25, 0.3) is 0 Å². The van der Waals surface area contributed by atoms with Gasteiger partial charge in [-0.15, -0.1) is 0 Å². The van der Waals surface area contributed by atoms with Crippen LogP contribution in [-0.4, -0.2) is 46.7 Å². The Hall–Kier alpha value is -1.02. The van der Waals surface area contributed by atoms with Crippen LogP contribution in [0.5, 0.6) is 0 Å². The van der Waals surface area contributed by atoms with Crippen molar-refractivity contribution in [2.45, 2.75) is 52.2 Å². The monoisotopic (exact) mass is 344 g/mol. The average molecular weight is 344 g/mol. The maximum Gasteiger partial charge on any atom is 0.172 e. The molecule has 3 atom stereocenters. The van der Waals surface area contributed by atoms with Crippen LogP contribution in [0.25, 0.3) is 0 Å². The molecule has 0 spiro atoms. The third kappa shape index (κ3) is 5.84. The SMILES string of the molecule is C/C=C/C/C(=C\C)C(ON(C)CS(=O)OC)C1(C)CC(C)=NO1. The fourth-order valence-electron chi connectivity index (χ4n) is 2.51. The minimum Gasteiger partial charge on any atom is -0.386 e. The Bertz CT molecular complexity index is 504. The van der Waals surface area contributed by atoms with Gasteiger partial charge in [0.1, 0.15) is 12.0 Å². The third-order valence-corrected chi connectivity index (χ3v) is 4.57. The summed E-state index contributed by atoms with van der Waals surface area (Å²) in [4.78, 5) is 11.7. The lowest BCUT2D eigenvalue weighted by Crippen LogP contribution is -2.46. The van der Waals surface area contributed by atoms with Gasteiger partial charge < -0.3 is 4.84 Å². The molecule has 1 rings (SSSR count). The first-order valence-corrected chi connectivity index (χ1v) is 8.89. The maximum absolute atomic E-state index is 11.6. The molecule has 132 valence electrons. The second-order valence-electron chi connectivity index (χ2n) is 5.76. The van der Waals surface area contributed by atoms with E-state index in [9.17, 15) is 4.21 Å². The lowest BCUT2D eigenvalue weighted by atomic mass is 9.87. The highest BCUT2D eigenvalue weighted by Crippen LogP contribution is 2.34. The van der Waals surface area contributed by atoms with Crippen LogP contribution in [0.4, 0.5) is 0 Å². The minimum atomic E-state index is -1.42. The Labute approximate surface area is 141 Å². The highest BCUT2D eigenvalue weighted by atomic mass is 32.2. The van der Waals surface area contributed by atoms with Crippen LogP contribution >= 0.6 is 0 Å². The molecular weight excluding hydrogens is 316 g/mol. The third-order valence-electron chi connectivity index (χ3n) is 3.63. The zero-order chi connectivity index (χ0) is 17.5. The van der Waals surface area contributed by atoms with Gasteiger partial charge in [-0.3, -0.25) is 9.02 Å². The van der Waals surface area contributed by atoms with E-state index in [1.54, 1.807) is 7.05 Å². The molecule has 0 aromatic carbocycles. The normalized spacial score (nSPS) is 24.8. The molecule has 7 heteroatoms. The van der Waals surface area contributed by atoms with Crippen molar-refractivity contribution in [3.8, 4) is 0 Å². The summed E-state index contributed by atoms with van der Waals surface area (Å²) in [5.74, 6) is 0.156. The lowest BCUT2D eigenvalue weighted by molar-refractivity contribution is -0.218. The summed E-state index contributed by atoms with van der Waals surface area (Å²) in [6, 6.07) is 0. The number of rotatable bonds is 9. The second kappa shape index (κ2) is 9.32. The summed E-state index contributed by atoms with van der Waals surface area (Å²) in [7, 11) is 3.14. The quantitative estimate of drug-likeness (QED) is 0.475. The van der Waals surface area contributed by atoms with E-state index in [1.807, 2.05) is 39.8 Å². The Kier molecular flexibility index (Phi) is 8.11. The molecule has 0 aromatic heterocycles. The molecule has 0 fully saturated rings. The van der Waals surface area contributed by atoms with E-state index in [4.69, 9.17) is 13.9 Å². The van der Waals surface area contributed by atoms with Crippen LogP contribution in [0.3, 0.4) is 0 Å². The zero-order valence-electron chi connectivity index (χ0n) is 14.9. The predicted octanol–water partition coefficient (Wildman–Crippen LogP) is 2.95. The molecule has 3 unspecified atom stereocenters. The molecule has 1 heterocycles. The van der Waals surface area contributed by atoms with Crippen molar-refractivity contribution in [1.82, 2.24) is 5.06 Å². The minimum absolute atomic E-state index is 0.156. The van der Waals surface area contributed by atoms with Gasteiger partial charge in [0.2, 0.25) is 0 Å². The molecule has 0 bridgehead atoms. The first-order valence-electron chi connectivity index (χ1n) is 7.65. The van der Waals surface area contributed by atoms with Crippen molar-refractivity contribution in [2.24, 2.45) is 5.16 Å². The summed E-state index contributed by atoms with van der Waals surface area (Å²) < 4.78 is 16.3. The van der Waals surface area contributed by atoms with Gasteiger partial charge in [-0.2, -0.15) is 5.06 Å². The zero-order valence-corrected chi connectivity index (χ0v) is 15.7. The van der Waals surface area contributed by atoms with Crippen molar-refractivity contribution in [2.75, 3.05) is 20.0 Å². The Balaban J connectivity index is 2.94. The topological polar surface area (TPSA) is 60.4 Å². The number of nitrogens with zero attached hydrogens (tertiary/aromatic N) is 2. The van der Waals surface area contributed by atoms with Crippen molar-refractivity contribution >= 4 is 16.8 Å². The molecule has 0 N–H and O–H groups in total. The molecular formula is C16H28N2O4S. The summed E-state index contributed by atoms with van der Waals surface area (Å²) in [5, 5.41) is 5.61. The van der Waals surface area contributed by atoms with Gasteiger partial charge in [-0.1, -0.05) is 23.4 Å². The van der Waals surface area contributed by atoms with E-state index < -0.39 is 16.7 Å². The highest BCUT2D eigenvalue weighted by molar-refractivity contribution is 7.80. The highest BCUT2D eigenvalue weighted by Gasteiger charge is 2.44. The van der Waals surface area contributed by atoms with E-state index in [0.717, 1.165) is 17.7 Å². The van der Waals surface area contributed by atoms with Gasteiger partial charge in [-0.05, 0) is 39.7 Å². The van der Waals surface area contributed by atoms with Crippen molar-refractivity contribution < 1.29 is 18.1 Å². The van der Waals surface area contributed by atoms with Crippen molar-refractivity contribution in [3.63, 3.8) is 0 Å². The summed E-state index contributed by atoms with van der Waals surface area (Å²) >= 11 is -1.42. The number of hydrogen-bond acceptors (Lipinski definition) is 6. The van der Waals surface area contributed by atoms with Gasteiger partial charge in [0.15, 0.2) is 16.7 Å². The molecule has 0 aromatic rings. The van der Waals surface area contributed by atoms with Crippen molar-refractivity contribution in [3.05, 3.63) is 23.8 Å². The molecule has 1 aliphatic rings. The van der Waals surface area contributed by atoms with E-state index in [0.29, 0.717) is 6.42 Å². The maximum atomic E-state index is 11.6. The fourth-order valence-corrected chi connectivity index (χ4v) is 2.97. The summed E-state index contributed by atoms with van der Waals surface area (Å²) in [5.41, 5.74) is 1.44. The van der Waals surface area contributed by atoms with Crippen LogP contribution < -0.4 is 0 Å². The smallest absolute Gasteiger partial charge is 0.172 e. The lowest BCUT2D eigenvalue weighted by Gasteiger charge is -2.35. The molecule has 23 heavy (non-hydrogen) atoms. The Morgan fingerprint density at radius 1 is 1.57 bits per heavy atom. The van der Waals surface area contributed by atoms with Crippen LogP contribution in [0.1, 0.15) is 40.5 Å². The van der Waals surface area contributed by atoms with E-state index in [2.05, 4.69) is 11.2 Å². The molecule has 0 aliphatic carbocycles. The van der Waals surface area contributed by atoms with Gasteiger partial charge >= 0.3 is 0 Å². The summed E-state index contributed by atoms with van der Waals surface area (Å²) in [6.45, 7) is 7.89. The average Bonchev–Trinajstić information content (AvgIpc) is 2.86.